The van der Waals surface area contributed by atoms with Gasteiger partial charge in [-0.1, -0.05) is 11.6 Å². The van der Waals surface area contributed by atoms with E-state index in [-0.39, 0.29) is 0 Å². The van der Waals surface area contributed by atoms with E-state index in [9.17, 15) is 0 Å². The zero-order chi connectivity index (χ0) is 12.4. The molecular weight excluding hydrogens is 250 g/mol. The van der Waals surface area contributed by atoms with Crippen molar-refractivity contribution in [2.75, 3.05) is 5.32 Å². The molecule has 0 saturated heterocycles. The standard InChI is InChI=1S/C14H16ClNS/c1-9-8-12(15)5-6-13(9)16-11(3)14-7-4-10(2)17-14/h4-8,11,16H,1-3H3. The van der Waals surface area contributed by atoms with Gasteiger partial charge in [0.2, 0.25) is 0 Å². The van der Waals surface area contributed by atoms with Crippen molar-refractivity contribution in [3.63, 3.8) is 0 Å². The molecule has 2 rings (SSSR count). The van der Waals surface area contributed by atoms with Gasteiger partial charge in [0.1, 0.15) is 0 Å². The van der Waals surface area contributed by atoms with Crippen LogP contribution in [-0.2, 0) is 0 Å². The zero-order valence-electron chi connectivity index (χ0n) is 10.3. The Hall–Kier alpha value is -0.990. The first-order valence-electron chi connectivity index (χ1n) is 5.65. The molecule has 0 radical (unpaired) electrons. The highest BCUT2D eigenvalue weighted by Gasteiger charge is 2.08. The Morgan fingerprint density at radius 1 is 1.18 bits per heavy atom. The van der Waals surface area contributed by atoms with Gasteiger partial charge >= 0.3 is 0 Å². The Balaban J connectivity index is 2.15. The smallest absolute Gasteiger partial charge is 0.0578 e. The van der Waals surface area contributed by atoms with Crippen LogP contribution in [0.25, 0.3) is 0 Å². The lowest BCUT2D eigenvalue weighted by Gasteiger charge is -2.16. The van der Waals surface area contributed by atoms with E-state index in [0.717, 1.165) is 10.7 Å². The third-order valence-corrected chi connectivity index (χ3v) is 4.17. The molecule has 0 spiro atoms. The number of anilines is 1. The van der Waals surface area contributed by atoms with Crippen molar-refractivity contribution in [3.05, 3.63) is 50.7 Å². The van der Waals surface area contributed by atoms with Gasteiger partial charge < -0.3 is 5.32 Å². The molecule has 17 heavy (non-hydrogen) atoms. The maximum absolute atomic E-state index is 5.95. The minimum absolute atomic E-state index is 0.327. The molecule has 1 nitrogen and oxygen atoms in total. The van der Waals surface area contributed by atoms with Crippen LogP contribution in [0.5, 0.6) is 0 Å². The predicted octanol–water partition coefficient (Wildman–Crippen LogP) is 5.19. The van der Waals surface area contributed by atoms with Gasteiger partial charge in [-0.25, -0.2) is 0 Å². The van der Waals surface area contributed by atoms with Gasteiger partial charge in [-0.15, -0.1) is 11.3 Å². The van der Waals surface area contributed by atoms with Crippen LogP contribution in [0.15, 0.2) is 30.3 Å². The molecule has 90 valence electrons. The Morgan fingerprint density at radius 2 is 1.94 bits per heavy atom. The molecule has 0 amide bonds. The summed E-state index contributed by atoms with van der Waals surface area (Å²) in [4.78, 5) is 2.71. The average molecular weight is 266 g/mol. The van der Waals surface area contributed by atoms with E-state index in [2.05, 4.69) is 38.2 Å². The lowest BCUT2D eigenvalue weighted by molar-refractivity contribution is 0.905. The SMILES string of the molecule is Cc1ccc(C(C)Nc2ccc(Cl)cc2C)s1. The molecule has 1 heterocycles. The Morgan fingerprint density at radius 3 is 2.53 bits per heavy atom. The van der Waals surface area contributed by atoms with Gasteiger partial charge in [0.15, 0.2) is 0 Å². The molecule has 0 aliphatic carbocycles. The highest BCUT2D eigenvalue weighted by molar-refractivity contribution is 7.12. The zero-order valence-corrected chi connectivity index (χ0v) is 11.8. The quantitative estimate of drug-likeness (QED) is 0.805. The molecule has 0 aliphatic heterocycles. The van der Waals surface area contributed by atoms with Crippen LogP contribution in [0.2, 0.25) is 5.02 Å². The second kappa shape index (κ2) is 5.11. The van der Waals surface area contributed by atoms with Crippen molar-refractivity contribution >= 4 is 28.6 Å². The van der Waals surface area contributed by atoms with E-state index in [0.29, 0.717) is 6.04 Å². The summed E-state index contributed by atoms with van der Waals surface area (Å²) in [6, 6.07) is 10.6. The second-order valence-electron chi connectivity index (χ2n) is 4.27. The first-order chi connectivity index (χ1) is 8.06. The fourth-order valence-electron chi connectivity index (χ4n) is 1.78. The number of hydrogen-bond donors (Lipinski definition) is 1. The van der Waals surface area contributed by atoms with E-state index in [1.807, 2.05) is 29.5 Å². The largest absolute Gasteiger partial charge is 0.377 e. The van der Waals surface area contributed by atoms with Gasteiger partial charge in [-0.2, -0.15) is 0 Å². The third kappa shape index (κ3) is 3.02. The summed E-state index contributed by atoms with van der Waals surface area (Å²) >= 11 is 7.78. The molecule has 1 aromatic heterocycles. The molecule has 1 N–H and O–H groups in total. The third-order valence-electron chi connectivity index (χ3n) is 2.75. The maximum Gasteiger partial charge on any atom is 0.0578 e. The van der Waals surface area contributed by atoms with E-state index < -0.39 is 0 Å². The number of benzene rings is 1. The van der Waals surface area contributed by atoms with Crippen LogP contribution in [0.1, 0.15) is 28.3 Å². The maximum atomic E-state index is 5.95. The number of halogens is 1. The minimum Gasteiger partial charge on any atom is -0.377 e. The highest BCUT2D eigenvalue weighted by atomic mass is 35.5. The highest BCUT2D eigenvalue weighted by Crippen LogP contribution is 2.28. The summed E-state index contributed by atoms with van der Waals surface area (Å²) < 4.78 is 0. The predicted molar refractivity (Wildman–Crippen MR) is 77.3 cm³/mol. The fourth-order valence-corrected chi connectivity index (χ4v) is 2.89. The number of hydrogen-bond acceptors (Lipinski definition) is 2. The molecule has 1 unspecified atom stereocenters. The van der Waals surface area contributed by atoms with Gasteiger partial charge in [0.25, 0.3) is 0 Å². The van der Waals surface area contributed by atoms with Gasteiger partial charge in [-0.05, 0) is 56.7 Å². The van der Waals surface area contributed by atoms with Gasteiger partial charge in [0.05, 0.1) is 6.04 Å². The van der Waals surface area contributed by atoms with Crippen molar-refractivity contribution in [2.24, 2.45) is 0 Å². The Labute approximate surface area is 111 Å². The number of nitrogens with one attached hydrogen (secondary N) is 1. The van der Waals surface area contributed by atoms with Crippen molar-refractivity contribution < 1.29 is 0 Å². The monoisotopic (exact) mass is 265 g/mol. The van der Waals surface area contributed by atoms with Crippen LogP contribution in [0.3, 0.4) is 0 Å². The van der Waals surface area contributed by atoms with Crippen molar-refractivity contribution in [1.29, 1.82) is 0 Å². The van der Waals surface area contributed by atoms with Crippen LogP contribution >= 0.6 is 22.9 Å². The summed E-state index contributed by atoms with van der Waals surface area (Å²) in [5, 5.41) is 4.30. The van der Waals surface area contributed by atoms with Crippen molar-refractivity contribution in [3.8, 4) is 0 Å². The summed E-state index contributed by atoms with van der Waals surface area (Å²) in [7, 11) is 0. The Kier molecular flexibility index (Phi) is 3.75. The Bertz CT molecular complexity index is 519. The lowest BCUT2D eigenvalue weighted by Crippen LogP contribution is -2.05. The minimum atomic E-state index is 0.327. The normalized spacial score (nSPS) is 12.5. The van der Waals surface area contributed by atoms with E-state index in [4.69, 9.17) is 11.6 Å². The molecule has 0 bridgehead atoms. The van der Waals surface area contributed by atoms with Crippen molar-refractivity contribution in [1.82, 2.24) is 0 Å². The van der Waals surface area contributed by atoms with Crippen LogP contribution in [0, 0.1) is 13.8 Å². The number of rotatable bonds is 3. The molecule has 0 fully saturated rings. The van der Waals surface area contributed by atoms with Crippen LogP contribution in [0.4, 0.5) is 5.69 Å². The molecule has 1 atom stereocenters. The summed E-state index contributed by atoms with van der Waals surface area (Å²) in [5.41, 5.74) is 2.32. The van der Waals surface area contributed by atoms with Crippen LogP contribution in [-0.4, -0.2) is 0 Å². The molecule has 0 saturated carbocycles. The van der Waals surface area contributed by atoms with Crippen LogP contribution < -0.4 is 5.32 Å². The molecule has 2 aromatic rings. The first kappa shape index (κ1) is 12.5. The second-order valence-corrected chi connectivity index (χ2v) is 6.03. The molecule has 3 heteroatoms. The van der Waals surface area contributed by atoms with Gasteiger partial charge in [-0.3, -0.25) is 0 Å². The van der Waals surface area contributed by atoms with E-state index in [1.165, 1.54) is 15.3 Å². The molecule has 1 aromatic carbocycles. The van der Waals surface area contributed by atoms with Gasteiger partial charge in [0, 0.05) is 20.5 Å². The summed E-state index contributed by atoms with van der Waals surface area (Å²) in [5.74, 6) is 0. The van der Waals surface area contributed by atoms with E-state index in [1.54, 1.807) is 0 Å². The lowest BCUT2D eigenvalue weighted by atomic mass is 10.1. The number of aryl methyl sites for hydroxylation is 2. The molecular formula is C14H16ClNS. The summed E-state index contributed by atoms with van der Waals surface area (Å²) in [6.45, 7) is 6.38. The average Bonchev–Trinajstić information content (AvgIpc) is 2.69. The topological polar surface area (TPSA) is 12.0 Å². The van der Waals surface area contributed by atoms with Crippen molar-refractivity contribution in [2.45, 2.75) is 26.8 Å². The first-order valence-corrected chi connectivity index (χ1v) is 6.85. The fraction of sp³-hybridized carbons (Fsp3) is 0.286. The number of thiophene rings is 1. The molecule has 0 aliphatic rings. The van der Waals surface area contributed by atoms with E-state index >= 15 is 0 Å². The summed E-state index contributed by atoms with van der Waals surface area (Å²) in [6.07, 6.45) is 0.